The molecule has 0 saturated carbocycles. The van der Waals surface area contributed by atoms with Crippen LogP contribution in [-0.4, -0.2) is 22.7 Å². The minimum absolute atomic E-state index is 0.0370. The molecule has 1 aromatic carbocycles. The van der Waals surface area contributed by atoms with E-state index in [1.165, 1.54) is 6.26 Å². The van der Waals surface area contributed by atoms with Crippen LogP contribution >= 0.6 is 11.8 Å². The maximum absolute atomic E-state index is 12.3. The summed E-state index contributed by atoms with van der Waals surface area (Å²) < 4.78 is 40.6. The van der Waals surface area contributed by atoms with Crippen LogP contribution in [0, 0.1) is 21.6 Å². The molecule has 1 N–H and O–H groups in total. The van der Waals surface area contributed by atoms with Crippen LogP contribution in [0.1, 0.15) is 0 Å². The maximum Gasteiger partial charge on any atom is 0.573 e. The van der Waals surface area contributed by atoms with E-state index in [2.05, 4.69) is 15.0 Å². The molecule has 0 unspecified atom stereocenters. The number of nitriles is 1. The number of thioether (sulfide) groups is 1. The van der Waals surface area contributed by atoms with Gasteiger partial charge in [-0.1, -0.05) is 11.8 Å². The van der Waals surface area contributed by atoms with Crippen LogP contribution in [-0.2, 0) is 0 Å². The van der Waals surface area contributed by atoms with Crippen molar-refractivity contribution in [1.29, 1.82) is 5.26 Å². The quantitative estimate of drug-likeness (QED) is 0.229. The Morgan fingerprint density at radius 3 is 2.71 bits per heavy atom. The van der Waals surface area contributed by atoms with Crippen molar-refractivity contribution in [2.24, 2.45) is 4.99 Å². The Morgan fingerprint density at radius 1 is 1.57 bits per heavy atom. The van der Waals surface area contributed by atoms with Gasteiger partial charge in [0.05, 0.1) is 4.92 Å². The van der Waals surface area contributed by atoms with Gasteiger partial charge in [0.15, 0.2) is 17.1 Å². The molecule has 0 aliphatic heterocycles. The Bertz CT molecular complexity index is 613. The van der Waals surface area contributed by atoms with E-state index in [1.807, 2.05) is 0 Å². The summed E-state index contributed by atoms with van der Waals surface area (Å²) >= 11 is 0.940. The third-order valence-corrected chi connectivity index (χ3v) is 2.54. The van der Waals surface area contributed by atoms with Crippen molar-refractivity contribution in [2.75, 3.05) is 6.26 Å². The van der Waals surface area contributed by atoms with Crippen LogP contribution in [0.5, 0.6) is 5.75 Å². The van der Waals surface area contributed by atoms with Gasteiger partial charge in [0, 0.05) is 12.1 Å². The summed E-state index contributed by atoms with van der Waals surface area (Å²) in [5.41, 5.74) is -0.880. The maximum atomic E-state index is 12.3. The zero-order chi connectivity index (χ0) is 16.0. The number of hydrogen-bond donors (Lipinski definition) is 1. The lowest BCUT2D eigenvalue weighted by Gasteiger charge is -2.11. The molecule has 112 valence electrons. The second-order valence-corrected chi connectivity index (χ2v) is 4.11. The summed E-state index contributed by atoms with van der Waals surface area (Å²) in [6, 6.07) is 2.46. The van der Waals surface area contributed by atoms with Gasteiger partial charge in [-0.05, 0) is 12.3 Å². The molecule has 0 heterocycles. The lowest BCUT2D eigenvalue weighted by Crippen LogP contribution is -2.17. The van der Waals surface area contributed by atoms with E-state index in [9.17, 15) is 23.3 Å². The number of aliphatic imine (C=N–C) groups is 1. The number of benzene rings is 1. The normalized spacial score (nSPS) is 11.7. The van der Waals surface area contributed by atoms with Crippen LogP contribution in [0.15, 0.2) is 23.2 Å². The first-order valence-electron chi connectivity index (χ1n) is 5.09. The molecule has 7 nitrogen and oxygen atoms in total. The minimum Gasteiger partial charge on any atom is -0.403 e. The summed E-state index contributed by atoms with van der Waals surface area (Å²) in [5, 5.41) is 21.2. The monoisotopic (exact) mass is 320 g/mol. The van der Waals surface area contributed by atoms with Crippen molar-refractivity contribution in [3.8, 4) is 11.9 Å². The van der Waals surface area contributed by atoms with Gasteiger partial charge in [0.25, 0.3) is 5.69 Å². The Labute approximate surface area is 120 Å². The van der Waals surface area contributed by atoms with E-state index in [4.69, 9.17) is 5.26 Å². The molecule has 0 aliphatic rings. The lowest BCUT2D eigenvalue weighted by molar-refractivity contribution is -0.384. The molecule has 0 atom stereocenters. The predicted molar refractivity (Wildman–Crippen MR) is 69.1 cm³/mol. The second-order valence-electron chi connectivity index (χ2n) is 3.31. The molecule has 0 saturated heterocycles. The zero-order valence-corrected chi connectivity index (χ0v) is 11.2. The number of nitro groups is 1. The van der Waals surface area contributed by atoms with Crippen LogP contribution < -0.4 is 10.1 Å². The molecule has 1 aromatic rings. The third kappa shape index (κ3) is 5.19. The predicted octanol–water partition coefficient (Wildman–Crippen LogP) is 2.91. The SMILES string of the molecule is CSC(=Nc1cc([N+](=O)[O-])ccc1OC(F)(F)F)NC#N. The molecule has 1 rings (SSSR count). The minimum atomic E-state index is -4.97. The third-order valence-electron chi connectivity index (χ3n) is 1.96. The van der Waals surface area contributed by atoms with Gasteiger partial charge in [-0.2, -0.15) is 5.26 Å². The largest absolute Gasteiger partial charge is 0.573 e. The Balaban J connectivity index is 3.32. The molecule has 0 bridgehead atoms. The molecule has 0 aliphatic carbocycles. The molecule has 0 fully saturated rings. The highest BCUT2D eigenvalue weighted by Crippen LogP contribution is 2.35. The van der Waals surface area contributed by atoms with Gasteiger partial charge in [-0.25, -0.2) is 4.99 Å². The van der Waals surface area contributed by atoms with Crippen molar-refractivity contribution in [1.82, 2.24) is 5.32 Å². The molecule has 21 heavy (non-hydrogen) atoms. The lowest BCUT2D eigenvalue weighted by atomic mass is 10.2. The van der Waals surface area contributed by atoms with Crippen molar-refractivity contribution in [3.05, 3.63) is 28.3 Å². The molecular formula is C10H7F3N4O3S. The summed E-state index contributed by atoms with van der Waals surface area (Å²) in [5.74, 6) is -0.709. The average Bonchev–Trinajstić information content (AvgIpc) is 2.38. The number of nitrogens with zero attached hydrogens (tertiary/aromatic N) is 3. The van der Waals surface area contributed by atoms with E-state index in [-0.39, 0.29) is 5.17 Å². The first kappa shape index (κ1) is 16.6. The fourth-order valence-corrected chi connectivity index (χ4v) is 1.54. The number of alkyl halides is 3. The summed E-state index contributed by atoms with van der Waals surface area (Å²) in [7, 11) is 0. The van der Waals surface area contributed by atoms with Gasteiger partial charge in [-0.15, -0.1) is 13.2 Å². The van der Waals surface area contributed by atoms with Crippen LogP contribution in [0.2, 0.25) is 0 Å². The second kappa shape index (κ2) is 6.80. The van der Waals surface area contributed by atoms with Gasteiger partial charge in [0.2, 0.25) is 0 Å². The van der Waals surface area contributed by atoms with Crippen molar-refractivity contribution in [2.45, 2.75) is 6.36 Å². The molecule has 0 aromatic heterocycles. The number of hydrogen-bond acceptors (Lipinski definition) is 6. The molecule has 0 radical (unpaired) electrons. The van der Waals surface area contributed by atoms with Crippen molar-refractivity contribution >= 4 is 28.3 Å². The number of nitrogens with one attached hydrogen (secondary N) is 1. The van der Waals surface area contributed by atoms with Crippen LogP contribution in [0.25, 0.3) is 0 Å². The van der Waals surface area contributed by atoms with E-state index >= 15 is 0 Å². The fraction of sp³-hybridized carbons (Fsp3) is 0.200. The van der Waals surface area contributed by atoms with E-state index in [1.54, 1.807) is 6.19 Å². The number of non-ortho nitro benzene ring substituents is 1. The topological polar surface area (TPSA) is 101 Å². The van der Waals surface area contributed by atoms with Gasteiger partial charge < -0.3 is 4.74 Å². The number of amidine groups is 1. The highest BCUT2D eigenvalue weighted by Gasteiger charge is 2.32. The number of halogens is 3. The summed E-state index contributed by atoms with van der Waals surface area (Å²) in [6.07, 6.45) is -1.91. The van der Waals surface area contributed by atoms with Gasteiger partial charge in [0.1, 0.15) is 5.69 Å². The Hall–Kier alpha value is -2.48. The first-order chi connectivity index (χ1) is 9.76. The molecular weight excluding hydrogens is 313 g/mol. The Morgan fingerprint density at radius 2 is 2.24 bits per heavy atom. The number of nitro benzene ring substituents is 1. The highest BCUT2D eigenvalue weighted by atomic mass is 32.2. The fourth-order valence-electron chi connectivity index (χ4n) is 1.20. The van der Waals surface area contributed by atoms with Crippen LogP contribution in [0.4, 0.5) is 24.5 Å². The molecule has 0 amide bonds. The molecule has 11 heteroatoms. The zero-order valence-electron chi connectivity index (χ0n) is 10.3. The van der Waals surface area contributed by atoms with Gasteiger partial charge in [-0.3, -0.25) is 15.4 Å². The smallest absolute Gasteiger partial charge is 0.403 e. The summed E-state index contributed by atoms with van der Waals surface area (Å²) in [6.45, 7) is 0. The first-order valence-corrected chi connectivity index (χ1v) is 6.31. The van der Waals surface area contributed by atoms with Crippen LogP contribution in [0.3, 0.4) is 0 Å². The highest BCUT2D eigenvalue weighted by molar-refractivity contribution is 8.13. The van der Waals surface area contributed by atoms with E-state index in [0.717, 1.165) is 30.0 Å². The van der Waals surface area contributed by atoms with E-state index in [0.29, 0.717) is 0 Å². The number of ether oxygens (including phenoxy) is 1. The molecule has 0 spiro atoms. The standard InChI is InChI=1S/C10H7F3N4O3S/c1-21-9(15-5-14)16-7-4-6(17(18)19)2-3-8(7)20-10(11,12)13/h2-4H,1H3,(H,15,16). The van der Waals surface area contributed by atoms with Crippen molar-refractivity contribution in [3.63, 3.8) is 0 Å². The number of rotatable bonds is 3. The summed E-state index contributed by atoms with van der Waals surface area (Å²) in [4.78, 5) is 13.6. The van der Waals surface area contributed by atoms with Crippen molar-refractivity contribution < 1.29 is 22.8 Å². The van der Waals surface area contributed by atoms with Gasteiger partial charge >= 0.3 is 6.36 Å². The Kier molecular flexibility index (Phi) is 5.37. The average molecular weight is 320 g/mol. The van der Waals surface area contributed by atoms with E-state index < -0.39 is 28.4 Å².